The van der Waals surface area contributed by atoms with E-state index in [1.807, 2.05) is 25.1 Å². The van der Waals surface area contributed by atoms with Gasteiger partial charge in [-0.2, -0.15) is 10.5 Å². The van der Waals surface area contributed by atoms with Gasteiger partial charge in [0, 0.05) is 5.56 Å². The van der Waals surface area contributed by atoms with Crippen LogP contribution in [0.2, 0.25) is 5.02 Å². The minimum Gasteiger partial charge on any atom is -0.496 e. The molecule has 108 valence electrons. The molecule has 0 radical (unpaired) electrons. The second-order valence-corrected chi connectivity index (χ2v) is 5.04. The maximum absolute atomic E-state index is 12.7. The second-order valence-electron chi connectivity index (χ2n) is 4.63. The Hall–Kier alpha value is -2.82. The smallest absolute Gasteiger partial charge is 0.198 e. The Morgan fingerprint density at radius 2 is 1.73 bits per heavy atom. The molecule has 0 aliphatic rings. The van der Waals surface area contributed by atoms with Crippen LogP contribution in [-0.2, 0) is 0 Å². The zero-order valence-corrected chi connectivity index (χ0v) is 12.7. The molecule has 0 bridgehead atoms. The van der Waals surface area contributed by atoms with Crippen LogP contribution in [0.25, 0.3) is 0 Å². The summed E-state index contributed by atoms with van der Waals surface area (Å²) in [4.78, 5) is 12.7. The van der Waals surface area contributed by atoms with Crippen molar-refractivity contribution in [2.75, 3.05) is 7.11 Å². The average molecular weight is 311 g/mol. The first-order valence-electron chi connectivity index (χ1n) is 6.35. The zero-order valence-electron chi connectivity index (χ0n) is 12.0. The van der Waals surface area contributed by atoms with Crippen LogP contribution in [0.15, 0.2) is 30.3 Å². The van der Waals surface area contributed by atoms with Gasteiger partial charge in [-0.25, -0.2) is 0 Å². The Morgan fingerprint density at radius 3 is 2.32 bits per heavy atom. The predicted octanol–water partition coefficient (Wildman–Crippen LogP) is 3.63. The Balaban J connectivity index is 2.63. The van der Waals surface area contributed by atoms with Crippen molar-refractivity contribution in [3.63, 3.8) is 0 Å². The molecule has 5 heteroatoms. The van der Waals surface area contributed by atoms with E-state index in [1.54, 1.807) is 12.1 Å². The van der Waals surface area contributed by atoms with Crippen LogP contribution in [0.4, 0.5) is 0 Å². The number of carbonyl (C=O) groups is 1. The summed E-state index contributed by atoms with van der Waals surface area (Å²) in [7, 11) is 1.47. The molecule has 2 aromatic rings. The van der Waals surface area contributed by atoms with E-state index in [1.165, 1.54) is 19.2 Å². The quantitative estimate of drug-likeness (QED) is 0.811. The molecule has 0 unspecified atom stereocenters. The fourth-order valence-electron chi connectivity index (χ4n) is 2.08. The summed E-state index contributed by atoms with van der Waals surface area (Å²) >= 11 is 6.10. The lowest BCUT2D eigenvalue weighted by Gasteiger charge is -2.10. The van der Waals surface area contributed by atoms with Crippen LogP contribution >= 0.6 is 11.6 Å². The molecule has 0 aliphatic heterocycles. The molecule has 0 aliphatic carbocycles. The highest BCUT2D eigenvalue weighted by atomic mass is 35.5. The molecule has 0 fully saturated rings. The van der Waals surface area contributed by atoms with Gasteiger partial charge in [-0.05, 0) is 31.2 Å². The SMILES string of the molecule is COc1ccc(C)cc1C(=O)c1cc(C#N)c(C#N)cc1Cl. The number of methoxy groups -OCH3 is 1. The van der Waals surface area contributed by atoms with E-state index >= 15 is 0 Å². The number of carbonyl (C=O) groups excluding carboxylic acids is 1. The molecular weight excluding hydrogens is 300 g/mol. The maximum Gasteiger partial charge on any atom is 0.198 e. The zero-order chi connectivity index (χ0) is 16.3. The lowest BCUT2D eigenvalue weighted by molar-refractivity contribution is 0.103. The molecule has 22 heavy (non-hydrogen) atoms. The molecule has 0 saturated heterocycles. The molecule has 0 amide bonds. The first-order chi connectivity index (χ1) is 10.5. The number of ether oxygens (including phenoxy) is 1. The number of halogens is 1. The second kappa shape index (κ2) is 6.30. The molecule has 2 rings (SSSR count). The first-order valence-corrected chi connectivity index (χ1v) is 6.72. The van der Waals surface area contributed by atoms with Crippen molar-refractivity contribution in [3.05, 3.63) is 63.2 Å². The van der Waals surface area contributed by atoms with Gasteiger partial charge in [-0.15, -0.1) is 0 Å². The molecular formula is C17H11ClN2O2. The van der Waals surface area contributed by atoms with E-state index < -0.39 is 0 Å². The molecule has 0 N–H and O–H groups in total. The van der Waals surface area contributed by atoms with E-state index in [4.69, 9.17) is 26.9 Å². The molecule has 4 nitrogen and oxygen atoms in total. The summed E-state index contributed by atoms with van der Waals surface area (Å²) in [6, 6.07) is 11.7. The fourth-order valence-corrected chi connectivity index (χ4v) is 2.33. The lowest BCUT2D eigenvalue weighted by atomic mass is 9.97. The molecule has 0 saturated carbocycles. The Labute approximate surface area is 133 Å². The standard InChI is InChI=1S/C17H11ClN2O2/c1-10-3-4-16(22-2)14(5-10)17(21)13-6-11(8-19)12(9-20)7-15(13)18/h3-7H,1-2H3. The average Bonchev–Trinajstić information content (AvgIpc) is 2.53. The normalized spacial score (nSPS) is 9.68. The summed E-state index contributed by atoms with van der Waals surface area (Å²) in [5, 5.41) is 18.2. The predicted molar refractivity (Wildman–Crippen MR) is 82.0 cm³/mol. The van der Waals surface area contributed by atoms with E-state index in [0.29, 0.717) is 11.3 Å². The van der Waals surface area contributed by atoms with Crippen LogP contribution in [0.1, 0.15) is 32.6 Å². The highest BCUT2D eigenvalue weighted by molar-refractivity contribution is 6.35. The van der Waals surface area contributed by atoms with Crippen LogP contribution < -0.4 is 4.74 Å². The van der Waals surface area contributed by atoms with Crippen LogP contribution in [0.3, 0.4) is 0 Å². The van der Waals surface area contributed by atoms with Crippen molar-refractivity contribution in [3.8, 4) is 17.9 Å². The van der Waals surface area contributed by atoms with Crippen LogP contribution in [0, 0.1) is 29.6 Å². The van der Waals surface area contributed by atoms with Gasteiger partial charge in [0.1, 0.15) is 17.9 Å². The summed E-state index contributed by atoms with van der Waals surface area (Å²) in [5.74, 6) is 0.0704. The van der Waals surface area contributed by atoms with Crippen molar-refractivity contribution in [1.29, 1.82) is 10.5 Å². The molecule has 0 atom stereocenters. The minimum atomic E-state index is -0.355. The fraction of sp³-hybridized carbons (Fsp3) is 0.118. The van der Waals surface area contributed by atoms with Crippen LogP contribution in [0.5, 0.6) is 5.75 Å². The van der Waals surface area contributed by atoms with Gasteiger partial charge in [0.25, 0.3) is 0 Å². The Bertz CT molecular complexity index is 845. The molecule has 0 aromatic heterocycles. The largest absolute Gasteiger partial charge is 0.496 e. The Morgan fingerprint density at radius 1 is 1.09 bits per heavy atom. The number of rotatable bonds is 3. The molecule has 0 spiro atoms. The third-order valence-corrected chi connectivity index (χ3v) is 3.51. The maximum atomic E-state index is 12.7. The highest BCUT2D eigenvalue weighted by Crippen LogP contribution is 2.28. The molecule has 0 heterocycles. The number of hydrogen-bond acceptors (Lipinski definition) is 4. The summed E-state index contributed by atoms with van der Waals surface area (Å²) in [6.45, 7) is 1.86. The van der Waals surface area contributed by atoms with E-state index in [2.05, 4.69) is 0 Å². The number of benzene rings is 2. The van der Waals surface area contributed by atoms with Gasteiger partial charge in [-0.3, -0.25) is 4.79 Å². The van der Waals surface area contributed by atoms with Crippen molar-refractivity contribution in [1.82, 2.24) is 0 Å². The number of hydrogen-bond donors (Lipinski definition) is 0. The number of aryl methyl sites for hydroxylation is 1. The van der Waals surface area contributed by atoms with Crippen LogP contribution in [-0.4, -0.2) is 12.9 Å². The topological polar surface area (TPSA) is 73.9 Å². The van der Waals surface area contributed by atoms with Crippen molar-refractivity contribution < 1.29 is 9.53 Å². The van der Waals surface area contributed by atoms with Gasteiger partial charge < -0.3 is 4.74 Å². The summed E-state index contributed by atoms with van der Waals surface area (Å²) < 4.78 is 5.20. The van der Waals surface area contributed by atoms with Gasteiger partial charge in [0.15, 0.2) is 5.78 Å². The van der Waals surface area contributed by atoms with Gasteiger partial charge in [0.05, 0.1) is 28.8 Å². The molecule has 2 aromatic carbocycles. The number of nitriles is 2. The van der Waals surface area contributed by atoms with E-state index in [9.17, 15) is 4.79 Å². The summed E-state index contributed by atoms with van der Waals surface area (Å²) in [5.41, 5.74) is 1.68. The minimum absolute atomic E-state index is 0.113. The number of nitrogens with zero attached hydrogens (tertiary/aromatic N) is 2. The van der Waals surface area contributed by atoms with E-state index in [-0.39, 0.29) is 27.5 Å². The van der Waals surface area contributed by atoms with E-state index in [0.717, 1.165) is 5.56 Å². The summed E-state index contributed by atoms with van der Waals surface area (Å²) in [6.07, 6.45) is 0. The highest BCUT2D eigenvalue weighted by Gasteiger charge is 2.19. The van der Waals surface area contributed by atoms with Gasteiger partial charge >= 0.3 is 0 Å². The lowest BCUT2D eigenvalue weighted by Crippen LogP contribution is -2.06. The van der Waals surface area contributed by atoms with Gasteiger partial charge in [0.2, 0.25) is 0 Å². The Kier molecular flexibility index (Phi) is 4.46. The third-order valence-electron chi connectivity index (χ3n) is 3.19. The monoisotopic (exact) mass is 310 g/mol. The van der Waals surface area contributed by atoms with Crippen molar-refractivity contribution in [2.24, 2.45) is 0 Å². The third kappa shape index (κ3) is 2.79. The number of ketones is 1. The first kappa shape index (κ1) is 15.6. The van der Waals surface area contributed by atoms with Crippen molar-refractivity contribution >= 4 is 17.4 Å². The van der Waals surface area contributed by atoms with Gasteiger partial charge in [-0.1, -0.05) is 23.2 Å². The van der Waals surface area contributed by atoms with Crippen molar-refractivity contribution in [2.45, 2.75) is 6.92 Å².